The second kappa shape index (κ2) is 7.09. The molecule has 5 nitrogen and oxygen atoms in total. The van der Waals surface area contributed by atoms with E-state index < -0.39 is 5.91 Å². The summed E-state index contributed by atoms with van der Waals surface area (Å²) in [6.07, 6.45) is 6.21. The zero-order valence-electron chi connectivity index (χ0n) is 11.1. The zero-order chi connectivity index (χ0) is 13.5. The van der Waals surface area contributed by atoms with Gasteiger partial charge in [0.2, 0.25) is 5.88 Å². The van der Waals surface area contributed by atoms with Crippen molar-refractivity contribution in [1.29, 1.82) is 0 Å². The Morgan fingerprint density at radius 2 is 2.21 bits per heavy atom. The highest BCUT2D eigenvalue weighted by atomic mass is 16.5. The molecule has 1 aromatic heterocycles. The van der Waals surface area contributed by atoms with E-state index in [9.17, 15) is 4.79 Å². The van der Waals surface area contributed by atoms with Gasteiger partial charge >= 0.3 is 0 Å². The number of hydrogen-bond donors (Lipinski definition) is 2. The summed E-state index contributed by atoms with van der Waals surface area (Å²) in [5.74, 6) is -0.0782. The monoisotopic (exact) mass is 263 g/mol. The molecule has 0 unspecified atom stereocenters. The first kappa shape index (κ1) is 13.8. The molecule has 0 saturated heterocycles. The molecule has 0 aliphatic heterocycles. The van der Waals surface area contributed by atoms with Crippen molar-refractivity contribution in [2.75, 3.05) is 13.2 Å². The van der Waals surface area contributed by atoms with Gasteiger partial charge in [-0.05, 0) is 31.9 Å². The average molecular weight is 263 g/mol. The number of pyridine rings is 1. The van der Waals surface area contributed by atoms with Crippen LogP contribution in [0.25, 0.3) is 0 Å². The fraction of sp³-hybridized carbons (Fsp3) is 0.571. The lowest BCUT2D eigenvalue weighted by atomic mass is 10.2. The van der Waals surface area contributed by atoms with Gasteiger partial charge in [-0.2, -0.15) is 0 Å². The third kappa shape index (κ3) is 4.52. The molecule has 1 heterocycles. The van der Waals surface area contributed by atoms with Crippen LogP contribution in [0.5, 0.6) is 5.88 Å². The van der Waals surface area contributed by atoms with Crippen LogP contribution in [0.3, 0.4) is 0 Å². The number of amides is 1. The smallest absolute Gasteiger partial charge is 0.267 e. The van der Waals surface area contributed by atoms with Crippen LogP contribution >= 0.6 is 0 Å². The second-order valence-corrected chi connectivity index (χ2v) is 4.86. The summed E-state index contributed by atoms with van der Waals surface area (Å²) in [6.45, 7) is 1.55. The minimum Gasteiger partial charge on any atom is -0.478 e. The van der Waals surface area contributed by atoms with E-state index in [1.165, 1.54) is 25.7 Å². The van der Waals surface area contributed by atoms with Crippen molar-refractivity contribution in [3.63, 3.8) is 0 Å². The predicted molar refractivity (Wildman–Crippen MR) is 73.1 cm³/mol. The van der Waals surface area contributed by atoms with Gasteiger partial charge in [-0.15, -0.1) is 0 Å². The molecular weight excluding hydrogens is 242 g/mol. The molecule has 5 heteroatoms. The van der Waals surface area contributed by atoms with Crippen LogP contribution < -0.4 is 15.8 Å². The summed E-state index contributed by atoms with van der Waals surface area (Å²) in [4.78, 5) is 15.0. The van der Waals surface area contributed by atoms with E-state index in [-0.39, 0.29) is 5.69 Å². The van der Waals surface area contributed by atoms with Crippen LogP contribution in [-0.2, 0) is 0 Å². The molecule has 1 aliphatic carbocycles. The van der Waals surface area contributed by atoms with E-state index in [0.29, 0.717) is 18.5 Å². The highest BCUT2D eigenvalue weighted by molar-refractivity contribution is 5.90. The summed E-state index contributed by atoms with van der Waals surface area (Å²) < 4.78 is 5.50. The largest absolute Gasteiger partial charge is 0.478 e. The van der Waals surface area contributed by atoms with Crippen LogP contribution in [-0.4, -0.2) is 30.1 Å². The summed E-state index contributed by atoms with van der Waals surface area (Å²) >= 11 is 0. The fourth-order valence-corrected chi connectivity index (χ4v) is 2.32. The highest BCUT2D eigenvalue weighted by Crippen LogP contribution is 2.17. The van der Waals surface area contributed by atoms with Crippen molar-refractivity contribution in [3.05, 3.63) is 23.9 Å². The van der Waals surface area contributed by atoms with Crippen molar-refractivity contribution < 1.29 is 9.53 Å². The molecule has 104 valence electrons. The number of hydrogen-bond acceptors (Lipinski definition) is 4. The number of carbonyl (C=O) groups excluding carboxylic acids is 1. The van der Waals surface area contributed by atoms with Crippen LogP contribution in [0, 0.1) is 0 Å². The molecule has 0 bridgehead atoms. The number of aromatic nitrogens is 1. The van der Waals surface area contributed by atoms with E-state index in [4.69, 9.17) is 10.5 Å². The van der Waals surface area contributed by atoms with Crippen molar-refractivity contribution in [2.24, 2.45) is 5.73 Å². The molecule has 0 aromatic carbocycles. The first-order valence-electron chi connectivity index (χ1n) is 6.89. The topological polar surface area (TPSA) is 77.2 Å². The van der Waals surface area contributed by atoms with Gasteiger partial charge in [0.15, 0.2) is 0 Å². The molecule has 1 amide bonds. The SMILES string of the molecule is NC(=O)c1cccc(OCCCNC2CCCC2)n1. The second-order valence-electron chi connectivity index (χ2n) is 4.86. The van der Waals surface area contributed by atoms with Gasteiger partial charge in [-0.3, -0.25) is 4.79 Å². The van der Waals surface area contributed by atoms with Gasteiger partial charge in [0.1, 0.15) is 5.69 Å². The average Bonchev–Trinajstić information content (AvgIpc) is 2.92. The zero-order valence-corrected chi connectivity index (χ0v) is 11.1. The van der Waals surface area contributed by atoms with Crippen molar-refractivity contribution in [2.45, 2.75) is 38.1 Å². The highest BCUT2D eigenvalue weighted by Gasteiger charge is 2.13. The standard InChI is InChI=1S/C14H21N3O2/c15-14(18)12-7-3-8-13(17-12)19-10-4-9-16-11-5-1-2-6-11/h3,7-8,11,16H,1-2,4-6,9-10H2,(H2,15,18). The number of nitrogens with one attached hydrogen (secondary N) is 1. The van der Waals surface area contributed by atoms with E-state index in [1.54, 1.807) is 18.2 Å². The Balaban J connectivity index is 1.64. The van der Waals surface area contributed by atoms with Gasteiger partial charge in [0.25, 0.3) is 5.91 Å². The Hall–Kier alpha value is -1.62. The van der Waals surface area contributed by atoms with Crippen LogP contribution in [0.1, 0.15) is 42.6 Å². The third-order valence-corrected chi connectivity index (χ3v) is 3.34. The quantitative estimate of drug-likeness (QED) is 0.730. The summed E-state index contributed by atoms with van der Waals surface area (Å²) in [5.41, 5.74) is 5.40. The normalized spacial score (nSPS) is 15.6. The number of ether oxygens (including phenoxy) is 1. The Kier molecular flexibility index (Phi) is 5.15. The fourth-order valence-electron chi connectivity index (χ4n) is 2.32. The molecule has 0 atom stereocenters. The Morgan fingerprint density at radius 1 is 1.42 bits per heavy atom. The van der Waals surface area contributed by atoms with Gasteiger partial charge in [-0.25, -0.2) is 4.98 Å². The summed E-state index contributed by atoms with van der Waals surface area (Å²) in [6, 6.07) is 5.73. The molecule has 1 fully saturated rings. The molecule has 0 spiro atoms. The van der Waals surface area contributed by atoms with E-state index in [0.717, 1.165) is 13.0 Å². The summed E-state index contributed by atoms with van der Waals surface area (Å²) in [7, 11) is 0. The van der Waals surface area contributed by atoms with Crippen LogP contribution in [0.15, 0.2) is 18.2 Å². The maximum Gasteiger partial charge on any atom is 0.267 e. The minimum absolute atomic E-state index is 0.238. The Bertz CT molecular complexity index is 417. The first-order valence-corrected chi connectivity index (χ1v) is 6.89. The number of nitrogens with zero attached hydrogens (tertiary/aromatic N) is 1. The lowest BCUT2D eigenvalue weighted by molar-refractivity contribution is 0.0994. The van der Waals surface area contributed by atoms with Crippen molar-refractivity contribution in [1.82, 2.24) is 10.3 Å². The maximum absolute atomic E-state index is 11.0. The van der Waals surface area contributed by atoms with Gasteiger partial charge in [-0.1, -0.05) is 18.9 Å². The predicted octanol–water partition coefficient (Wildman–Crippen LogP) is 1.48. The number of primary amides is 1. The number of nitrogens with two attached hydrogens (primary N) is 1. The van der Waals surface area contributed by atoms with Crippen molar-refractivity contribution in [3.8, 4) is 5.88 Å². The molecular formula is C14H21N3O2. The molecule has 3 N–H and O–H groups in total. The lowest BCUT2D eigenvalue weighted by Crippen LogP contribution is -2.27. The number of carbonyl (C=O) groups is 1. The molecule has 1 aliphatic rings. The van der Waals surface area contributed by atoms with Crippen LogP contribution in [0.4, 0.5) is 0 Å². The van der Waals surface area contributed by atoms with Crippen LogP contribution in [0.2, 0.25) is 0 Å². The van der Waals surface area contributed by atoms with E-state index in [2.05, 4.69) is 10.3 Å². The van der Waals surface area contributed by atoms with Gasteiger partial charge < -0.3 is 15.8 Å². The van der Waals surface area contributed by atoms with E-state index in [1.807, 2.05) is 0 Å². The molecule has 1 saturated carbocycles. The molecule has 2 rings (SSSR count). The first-order chi connectivity index (χ1) is 9.25. The Labute approximate surface area is 113 Å². The van der Waals surface area contributed by atoms with Crippen molar-refractivity contribution >= 4 is 5.91 Å². The summed E-state index contributed by atoms with van der Waals surface area (Å²) in [5, 5.41) is 3.52. The third-order valence-electron chi connectivity index (χ3n) is 3.34. The van der Waals surface area contributed by atoms with Gasteiger partial charge in [0.05, 0.1) is 6.61 Å². The van der Waals surface area contributed by atoms with Gasteiger partial charge in [0, 0.05) is 12.1 Å². The Morgan fingerprint density at radius 3 is 2.95 bits per heavy atom. The van der Waals surface area contributed by atoms with E-state index >= 15 is 0 Å². The maximum atomic E-state index is 11.0. The number of rotatable bonds is 7. The molecule has 1 aromatic rings. The lowest BCUT2D eigenvalue weighted by Gasteiger charge is -2.11. The molecule has 0 radical (unpaired) electrons. The molecule has 19 heavy (non-hydrogen) atoms. The minimum atomic E-state index is -0.534.